The van der Waals surface area contributed by atoms with E-state index in [1.165, 1.54) is 0 Å². The second-order valence-electron chi connectivity index (χ2n) is 6.25. The molecule has 3 nitrogen and oxygen atoms in total. The van der Waals surface area contributed by atoms with Gasteiger partial charge in [0.25, 0.3) is 0 Å². The Bertz CT molecular complexity index is 857. The van der Waals surface area contributed by atoms with Gasteiger partial charge < -0.3 is 5.32 Å². The summed E-state index contributed by atoms with van der Waals surface area (Å²) < 4.78 is 0. The summed E-state index contributed by atoms with van der Waals surface area (Å²) in [7, 11) is 0. The van der Waals surface area contributed by atoms with Crippen LogP contribution in [-0.4, -0.2) is 10.9 Å². The minimum atomic E-state index is 0.0802. The molecule has 3 rings (SSSR count). The maximum atomic E-state index is 11.8. The Kier molecular flexibility index (Phi) is 4.61. The molecule has 0 spiro atoms. The van der Waals surface area contributed by atoms with Crippen molar-refractivity contribution in [2.75, 3.05) is 5.32 Å². The minimum absolute atomic E-state index is 0.0802. The average molecular weight is 318 g/mol. The number of fused-ring (bicyclic) bond motifs is 1. The zero-order chi connectivity index (χ0) is 17.1. The van der Waals surface area contributed by atoms with E-state index in [1.54, 1.807) is 6.20 Å². The zero-order valence-electron chi connectivity index (χ0n) is 14.2. The molecule has 0 aliphatic heterocycles. The molecule has 0 atom stereocenters. The molecule has 1 saturated carbocycles. The molecule has 1 fully saturated rings. The van der Waals surface area contributed by atoms with E-state index in [-0.39, 0.29) is 11.8 Å². The van der Waals surface area contributed by atoms with Crippen molar-refractivity contribution in [2.45, 2.75) is 26.7 Å². The number of hydrogen-bond acceptors (Lipinski definition) is 2. The molecule has 0 unspecified atom stereocenters. The van der Waals surface area contributed by atoms with Crippen molar-refractivity contribution >= 4 is 28.1 Å². The summed E-state index contributed by atoms with van der Waals surface area (Å²) in [5.74, 6) is 0.881. The quantitative estimate of drug-likeness (QED) is 0.778. The van der Waals surface area contributed by atoms with Gasteiger partial charge >= 0.3 is 0 Å². The highest BCUT2D eigenvalue weighted by Gasteiger charge is 2.29. The fourth-order valence-corrected chi connectivity index (χ4v) is 2.54. The van der Waals surface area contributed by atoms with Gasteiger partial charge in [0, 0.05) is 17.5 Å². The lowest BCUT2D eigenvalue weighted by Gasteiger charge is -2.09. The maximum absolute atomic E-state index is 11.8. The van der Waals surface area contributed by atoms with Crippen LogP contribution in [0.3, 0.4) is 0 Å². The Balaban J connectivity index is 1.83. The summed E-state index contributed by atoms with van der Waals surface area (Å²) in [4.78, 5) is 16.2. The van der Waals surface area contributed by atoms with Gasteiger partial charge in [-0.25, -0.2) is 4.98 Å². The van der Waals surface area contributed by atoms with Crippen molar-refractivity contribution in [3.8, 4) is 0 Å². The van der Waals surface area contributed by atoms with Crippen LogP contribution in [0.4, 0.5) is 5.82 Å². The van der Waals surface area contributed by atoms with Gasteiger partial charge in [-0.15, -0.1) is 0 Å². The second kappa shape index (κ2) is 6.83. The molecule has 1 aromatic heterocycles. The molecule has 0 radical (unpaired) electrons. The predicted octanol–water partition coefficient (Wildman–Crippen LogP) is 5.12. The van der Waals surface area contributed by atoms with Gasteiger partial charge in [-0.05, 0) is 60.9 Å². The van der Waals surface area contributed by atoms with Crippen molar-refractivity contribution in [3.05, 3.63) is 66.4 Å². The summed E-state index contributed by atoms with van der Waals surface area (Å²) in [6, 6.07) is 8.12. The highest BCUT2D eigenvalue weighted by molar-refractivity contribution is 5.96. The number of allylic oxidation sites excluding steroid dienone is 5. The molecule has 0 bridgehead atoms. The first-order valence-electron chi connectivity index (χ1n) is 8.28. The first-order chi connectivity index (χ1) is 11.6. The average Bonchev–Trinajstić information content (AvgIpc) is 3.43. The van der Waals surface area contributed by atoms with E-state index in [1.807, 2.05) is 31.2 Å². The summed E-state index contributed by atoms with van der Waals surface area (Å²) in [5, 5.41) is 4.99. The van der Waals surface area contributed by atoms with E-state index in [2.05, 4.69) is 42.0 Å². The third-order valence-corrected chi connectivity index (χ3v) is 4.28. The number of carbonyl (C=O) groups excluding carboxylic acids is 1. The SMILES string of the molecule is C=C(/C(C)=C\C=C/C)c1ccc2cc(NC(=O)C3CC3)ncc2c1. The van der Waals surface area contributed by atoms with Crippen molar-refractivity contribution in [1.29, 1.82) is 0 Å². The number of nitrogens with one attached hydrogen (secondary N) is 1. The summed E-state index contributed by atoms with van der Waals surface area (Å²) >= 11 is 0. The van der Waals surface area contributed by atoms with Crippen LogP contribution in [0.1, 0.15) is 32.3 Å². The zero-order valence-corrected chi connectivity index (χ0v) is 14.2. The van der Waals surface area contributed by atoms with E-state index in [9.17, 15) is 4.79 Å². The van der Waals surface area contributed by atoms with Crippen LogP contribution in [-0.2, 0) is 4.79 Å². The molecule has 1 aliphatic rings. The van der Waals surface area contributed by atoms with E-state index in [0.717, 1.165) is 40.3 Å². The summed E-state index contributed by atoms with van der Waals surface area (Å²) in [6.45, 7) is 8.24. The number of benzene rings is 1. The van der Waals surface area contributed by atoms with Crippen LogP contribution in [0.2, 0.25) is 0 Å². The monoisotopic (exact) mass is 318 g/mol. The van der Waals surface area contributed by atoms with Crippen LogP contribution in [0.25, 0.3) is 16.3 Å². The van der Waals surface area contributed by atoms with Crippen LogP contribution in [0, 0.1) is 5.92 Å². The van der Waals surface area contributed by atoms with Gasteiger partial charge in [-0.1, -0.05) is 36.9 Å². The van der Waals surface area contributed by atoms with E-state index < -0.39 is 0 Å². The van der Waals surface area contributed by atoms with Crippen LogP contribution >= 0.6 is 0 Å². The van der Waals surface area contributed by atoms with Crippen LogP contribution in [0.5, 0.6) is 0 Å². The molecular formula is C21H22N2O. The molecule has 1 amide bonds. The first-order valence-corrected chi connectivity index (χ1v) is 8.28. The molecule has 1 aromatic carbocycles. The summed E-state index contributed by atoms with van der Waals surface area (Å²) in [5.41, 5.74) is 3.21. The number of rotatable bonds is 5. The van der Waals surface area contributed by atoms with Gasteiger partial charge in [0.2, 0.25) is 5.91 Å². The number of amides is 1. The third kappa shape index (κ3) is 3.62. The van der Waals surface area contributed by atoms with Crippen molar-refractivity contribution in [2.24, 2.45) is 5.92 Å². The van der Waals surface area contributed by atoms with Gasteiger partial charge in [0.1, 0.15) is 5.82 Å². The van der Waals surface area contributed by atoms with Gasteiger partial charge in [0.05, 0.1) is 0 Å². The number of pyridine rings is 1. The Labute approximate surface area is 142 Å². The topological polar surface area (TPSA) is 42.0 Å². The van der Waals surface area contributed by atoms with Crippen molar-refractivity contribution < 1.29 is 4.79 Å². The molecule has 3 heteroatoms. The normalized spacial score (nSPS) is 15.0. The molecule has 1 N–H and O–H groups in total. The molecule has 1 heterocycles. The minimum Gasteiger partial charge on any atom is -0.310 e. The number of hydrogen-bond donors (Lipinski definition) is 1. The lowest BCUT2D eigenvalue weighted by atomic mass is 9.98. The van der Waals surface area contributed by atoms with Gasteiger partial charge in [-0.3, -0.25) is 4.79 Å². The Morgan fingerprint density at radius 3 is 2.79 bits per heavy atom. The third-order valence-electron chi connectivity index (χ3n) is 4.28. The Morgan fingerprint density at radius 1 is 1.29 bits per heavy atom. The van der Waals surface area contributed by atoms with Gasteiger partial charge in [0.15, 0.2) is 0 Å². The van der Waals surface area contributed by atoms with Crippen LogP contribution < -0.4 is 5.32 Å². The Morgan fingerprint density at radius 2 is 2.08 bits per heavy atom. The lowest BCUT2D eigenvalue weighted by Crippen LogP contribution is -2.14. The molecule has 24 heavy (non-hydrogen) atoms. The largest absolute Gasteiger partial charge is 0.310 e. The number of anilines is 1. The number of carbonyl (C=O) groups is 1. The smallest absolute Gasteiger partial charge is 0.228 e. The molecule has 1 aliphatic carbocycles. The van der Waals surface area contributed by atoms with Crippen LogP contribution in [0.15, 0.2) is 60.8 Å². The fraction of sp³-hybridized carbons (Fsp3) is 0.238. The maximum Gasteiger partial charge on any atom is 0.228 e. The molecule has 2 aromatic rings. The fourth-order valence-electron chi connectivity index (χ4n) is 2.54. The first kappa shape index (κ1) is 16.2. The molecule has 0 saturated heterocycles. The second-order valence-corrected chi connectivity index (χ2v) is 6.25. The van der Waals surface area contributed by atoms with E-state index >= 15 is 0 Å². The predicted molar refractivity (Wildman–Crippen MR) is 101 cm³/mol. The lowest BCUT2D eigenvalue weighted by molar-refractivity contribution is -0.117. The van der Waals surface area contributed by atoms with E-state index in [0.29, 0.717) is 5.82 Å². The van der Waals surface area contributed by atoms with Crippen molar-refractivity contribution in [3.63, 3.8) is 0 Å². The Hall–Kier alpha value is -2.68. The molecular weight excluding hydrogens is 296 g/mol. The number of nitrogens with zero attached hydrogens (tertiary/aromatic N) is 1. The highest BCUT2D eigenvalue weighted by atomic mass is 16.2. The van der Waals surface area contributed by atoms with E-state index in [4.69, 9.17) is 0 Å². The summed E-state index contributed by atoms with van der Waals surface area (Å²) in [6.07, 6.45) is 9.85. The van der Waals surface area contributed by atoms with Crippen molar-refractivity contribution in [1.82, 2.24) is 4.98 Å². The van der Waals surface area contributed by atoms with Gasteiger partial charge in [-0.2, -0.15) is 0 Å². The number of aromatic nitrogens is 1. The standard InChI is InChI=1S/C21H22N2O/c1-4-5-6-14(2)15(3)17-9-10-18-12-20(22-13-19(18)11-17)23-21(24)16-7-8-16/h4-6,9-13,16H,3,7-8H2,1-2H3,(H,22,23,24)/b5-4-,14-6-. The highest BCUT2D eigenvalue weighted by Crippen LogP contribution is 2.30. The molecule has 122 valence electrons.